The number of carboxylic acids is 2. The summed E-state index contributed by atoms with van der Waals surface area (Å²) >= 11 is 0. The summed E-state index contributed by atoms with van der Waals surface area (Å²) in [6.45, 7) is 5.02. The minimum absolute atomic E-state index is 0. The molecule has 158 valence electrons. The number of hydrogen-bond donors (Lipinski definition) is 0. The van der Waals surface area contributed by atoms with Crippen LogP contribution in [0.4, 0.5) is 0 Å². The van der Waals surface area contributed by atoms with Gasteiger partial charge in [0, 0.05) is 12.4 Å². The molecular formula is C19H32Na2O7S. The minimum atomic E-state index is -4.70. The van der Waals surface area contributed by atoms with E-state index in [0.29, 0.717) is 6.42 Å². The third-order valence-electron chi connectivity index (χ3n) is 4.56. The van der Waals surface area contributed by atoms with Crippen LogP contribution in [-0.2, 0) is 23.9 Å². The van der Waals surface area contributed by atoms with Crippen molar-refractivity contribution in [2.24, 2.45) is 0 Å². The molecule has 0 saturated carbocycles. The normalized spacial score (nSPS) is 12.9. The second-order valence-electron chi connectivity index (χ2n) is 6.79. The number of unbranched alkanes of at least 4 members (excludes halogenated alkanes) is 9. The molecule has 29 heavy (non-hydrogen) atoms. The second kappa shape index (κ2) is 19.3. The smallest absolute Gasteiger partial charge is 0.550 e. The fourth-order valence-electron chi connectivity index (χ4n) is 2.96. The quantitative estimate of drug-likeness (QED) is 0.0892. The Balaban J connectivity index is -0.00000338. The Hall–Kier alpha value is 0.590. The summed E-state index contributed by atoms with van der Waals surface area (Å²) in [5.74, 6) is -3.76. The number of carbonyl (C=O) groups is 2. The van der Waals surface area contributed by atoms with E-state index in [1.165, 1.54) is 25.7 Å². The summed E-state index contributed by atoms with van der Waals surface area (Å²) in [4.78, 5) is 22.6. The van der Waals surface area contributed by atoms with Crippen LogP contribution < -0.4 is 69.3 Å². The molecule has 0 spiro atoms. The first-order valence-electron chi connectivity index (χ1n) is 9.64. The molecule has 7 nitrogen and oxygen atoms in total. The molecule has 0 amide bonds. The summed E-state index contributed by atoms with van der Waals surface area (Å²) in [6, 6.07) is 0. The average molecular weight is 451 g/mol. The van der Waals surface area contributed by atoms with Crippen molar-refractivity contribution in [2.45, 2.75) is 88.7 Å². The van der Waals surface area contributed by atoms with E-state index in [1.54, 1.807) is 0 Å². The Bertz CT molecular complexity index is 567. The van der Waals surface area contributed by atoms with Crippen LogP contribution in [0.2, 0.25) is 0 Å². The first-order valence-corrected chi connectivity index (χ1v) is 11.1. The summed E-state index contributed by atoms with van der Waals surface area (Å²) in [5.41, 5.74) is 0. The Morgan fingerprint density at radius 3 is 1.76 bits per heavy atom. The van der Waals surface area contributed by atoms with Crippen molar-refractivity contribution in [1.82, 2.24) is 0 Å². The fraction of sp³-hybridized carbons (Fsp3) is 0.789. The van der Waals surface area contributed by atoms with Crippen LogP contribution in [0.3, 0.4) is 0 Å². The number of hydrogen-bond acceptors (Lipinski definition) is 7. The van der Waals surface area contributed by atoms with E-state index in [4.69, 9.17) is 0 Å². The first-order chi connectivity index (χ1) is 12.7. The third-order valence-corrected chi connectivity index (χ3v) is 6.47. The first kappa shape index (κ1) is 34.2. The molecule has 0 fully saturated rings. The SMILES string of the molecule is C=CCOS(=O)(=O)C(CCCCCCCCCCCC)(CC(=O)[O-])C(=O)[O-].[Na+].[Na+]. The Labute approximate surface area is 219 Å². The van der Waals surface area contributed by atoms with Crippen LogP contribution in [0.25, 0.3) is 0 Å². The van der Waals surface area contributed by atoms with Gasteiger partial charge in [0.15, 0.2) is 0 Å². The van der Waals surface area contributed by atoms with Gasteiger partial charge in [0.2, 0.25) is 0 Å². The van der Waals surface area contributed by atoms with Gasteiger partial charge < -0.3 is 19.8 Å². The molecule has 0 aliphatic rings. The summed E-state index contributed by atoms with van der Waals surface area (Å²) in [6.07, 6.45) is 9.30. The Morgan fingerprint density at radius 2 is 1.38 bits per heavy atom. The molecule has 0 bridgehead atoms. The van der Waals surface area contributed by atoms with Crippen LogP contribution in [-0.4, -0.2) is 31.7 Å². The molecule has 10 heteroatoms. The van der Waals surface area contributed by atoms with Gasteiger partial charge in [-0.1, -0.05) is 77.2 Å². The standard InChI is InChI=1S/C19H34O7S.2Na/c1-3-5-6-7-8-9-10-11-12-13-14-19(18(22)23,16-17(20)21)27(24,25)26-15-4-2;;/h4H,2-3,5-16H2,1H3,(H,20,21)(H,22,23);;/q;2*+1/p-2. The average Bonchev–Trinajstić information content (AvgIpc) is 2.59. The fourth-order valence-corrected chi connectivity index (χ4v) is 4.35. The van der Waals surface area contributed by atoms with Gasteiger partial charge >= 0.3 is 59.1 Å². The van der Waals surface area contributed by atoms with Crippen molar-refractivity contribution in [3.8, 4) is 0 Å². The number of carbonyl (C=O) groups excluding carboxylic acids is 2. The van der Waals surface area contributed by atoms with E-state index >= 15 is 0 Å². The maximum absolute atomic E-state index is 12.3. The number of aliphatic carboxylic acids is 2. The topological polar surface area (TPSA) is 124 Å². The molecule has 0 aromatic carbocycles. The van der Waals surface area contributed by atoms with Gasteiger partial charge in [-0.05, 0) is 6.42 Å². The van der Waals surface area contributed by atoms with E-state index in [1.807, 2.05) is 0 Å². The van der Waals surface area contributed by atoms with Gasteiger partial charge in [-0.3, -0.25) is 4.18 Å². The van der Waals surface area contributed by atoms with E-state index in [0.717, 1.165) is 31.8 Å². The molecule has 0 aromatic rings. The minimum Gasteiger partial charge on any atom is -0.550 e. The maximum Gasteiger partial charge on any atom is 1.00 e. The monoisotopic (exact) mass is 450 g/mol. The van der Waals surface area contributed by atoms with E-state index in [9.17, 15) is 28.2 Å². The molecule has 0 radical (unpaired) electrons. The van der Waals surface area contributed by atoms with Crippen molar-refractivity contribution < 1.29 is 91.5 Å². The van der Waals surface area contributed by atoms with Crippen LogP contribution in [0.5, 0.6) is 0 Å². The molecule has 0 rings (SSSR count). The molecule has 1 unspecified atom stereocenters. The molecule has 0 aliphatic heterocycles. The third kappa shape index (κ3) is 13.6. The molecular weight excluding hydrogens is 418 g/mol. The number of carboxylic acid groups (broad SMARTS) is 2. The predicted octanol–water partition coefficient (Wildman–Crippen LogP) is -4.53. The van der Waals surface area contributed by atoms with Crippen LogP contribution in [0, 0.1) is 0 Å². The summed E-state index contributed by atoms with van der Waals surface area (Å²) in [5, 5.41) is 22.6. The molecule has 0 aliphatic carbocycles. The number of rotatable bonds is 18. The van der Waals surface area contributed by atoms with Crippen molar-refractivity contribution in [3.05, 3.63) is 12.7 Å². The second-order valence-corrected chi connectivity index (χ2v) is 8.72. The largest absolute Gasteiger partial charge is 1.00 e. The summed E-state index contributed by atoms with van der Waals surface area (Å²) < 4.78 is 26.5. The van der Waals surface area contributed by atoms with Crippen LogP contribution in [0.1, 0.15) is 84.0 Å². The Morgan fingerprint density at radius 1 is 0.931 bits per heavy atom. The van der Waals surface area contributed by atoms with Gasteiger partial charge in [0.25, 0.3) is 10.1 Å². The molecule has 0 aromatic heterocycles. The van der Waals surface area contributed by atoms with Crippen molar-refractivity contribution in [3.63, 3.8) is 0 Å². The van der Waals surface area contributed by atoms with Crippen molar-refractivity contribution >= 4 is 22.1 Å². The van der Waals surface area contributed by atoms with Crippen molar-refractivity contribution in [1.29, 1.82) is 0 Å². The van der Waals surface area contributed by atoms with E-state index in [-0.39, 0.29) is 72.0 Å². The van der Waals surface area contributed by atoms with Gasteiger partial charge in [0.05, 0.1) is 12.6 Å². The zero-order valence-corrected chi connectivity index (χ0v) is 23.1. The van der Waals surface area contributed by atoms with Crippen LogP contribution >= 0.6 is 0 Å². The van der Waals surface area contributed by atoms with Crippen molar-refractivity contribution in [2.75, 3.05) is 6.61 Å². The maximum atomic E-state index is 12.3. The predicted molar refractivity (Wildman–Crippen MR) is 98.9 cm³/mol. The summed E-state index contributed by atoms with van der Waals surface area (Å²) in [7, 11) is -4.70. The molecule has 0 heterocycles. The van der Waals surface area contributed by atoms with Gasteiger partial charge in [-0.2, -0.15) is 8.42 Å². The zero-order chi connectivity index (χ0) is 20.8. The molecule has 0 saturated heterocycles. The van der Waals surface area contributed by atoms with E-state index < -0.39 is 39.8 Å². The zero-order valence-electron chi connectivity index (χ0n) is 18.2. The molecule has 0 N–H and O–H groups in total. The molecule has 1 atom stereocenters. The van der Waals surface area contributed by atoms with Gasteiger partial charge in [0.1, 0.15) is 4.75 Å². The Kier molecular flexibility index (Phi) is 22.8. The van der Waals surface area contributed by atoms with E-state index in [2.05, 4.69) is 17.7 Å². The van der Waals surface area contributed by atoms with Gasteiger partial charge in [-0.25, -0.2) is 0 Å². The van der Waals surface area contributed by atoms with Gasteiger partial charge in [-0.15, -0.1) is 6.58 Å². The van der Waals surface area contributed by atoms with Crippen LogP contribution in [0.15, 0.2) is 12.7 Å².